The number of aromatic hydroxyl groups is 1. The maximum atomic E-state index is 10.4. The largest absolute Gasteiger partial charge is 0.504 e. The summed E-state index contributed by atoms with van der Waals surface area (Å²) in [7, 11) is 6.34. The molecule has 0 atom stereocenters. The van der Waals surface area contributed by atoms with Crippen LogP contribution in [-0.4, -0.2) is 33.5 Å². The van der Waals surface area contributed by atoms with Gasteiger partial charge >= 0.3 is 0 Å². The van der Waals surface area contributed by atoms with Crippen LogP contribution in [0.25, 0.3) is 11.1 Å². The minimum atomic E-state index is 0.0915. The van der Waals surface area contributed by atoms with Crippen LogP contribution in [0.2, 0.25) is 0 Å². The first kappa shape index (κ1) is 22.1. The lowest BCUT2D eigenvalue weighted by atomic mass is 9.88. The molecule has 0 saturated heterocycles. The highest BCUT2D eigenvalue weighted by atomic mass is 16.5. The molecule has 0 aliphatic carbocycles. The molecule has 0 radical (unpaired) electrons. The summed E-state index contributed by atoms with van der Waals surface area (Å²) in [6.45, 7) is 2.10. The Morgan fingerprint density at radius 3 is 1.77 bits per heavy atom. The van der Waals surface area contributed by atoms with Crippen LogP contribution >= 0.6 is 0 Å². The molecule has 0 saturated carbocycles. The van der Waals surface area contributed by atoms with Gasteiger partial charge in [-0.05, 0) is 58.5 Å². The second kappa shape index (κ2) is 9.94. The van der Waals surface area contributed by atoms with Crippen LogP contribution in [0.4, 0.5) is 0 Å². The Morgan fingerprint density at radius 1 is 0.677 bits per heavy atom. The number of phenols is 1. The van der Waals surface area contributed by atoms with Crippen LogP contribution in [0.5, 0.6) is 28.7 Å². The van der Waals surface area contributed by atoms with Crippen LogP contribution < -0.4 is 18.9 Å². The minimum absolute atomic E-state index is 0.0915. The SMILES string of the molecule is CC/C(=C(/c1ccccc1)c1ccc(OC)c(O)c1)c1cc(OC)c(OC)c(OC)c1. The van der Waals surface area contributed by atoms with Gasteiger partial charge in [0.1, 0.15) is 0 Å². The van der Waals surface area contributed by atoms with E-state index in [0.29, 0.717) is 23.0 Å². The Bertz CT molecular complexity index is 1050. The molecule has 0 aliphatic heterocycles. The molecule has 0 heterocycles. The minimum Gasteiger partial charge on any atom is -0.504 e. The molecule has 3 aromatic rings. The van der Waals surface area contributed by atoms with Crippen LogP contribution in [0, 0.1) is 0 Å². The van der Waals surface area contributed by atoms with Crippen molar-refractivity contribution in [3.8, 4) is 28.7 Å². The lowest BCUT2D eigenvalue weighted by molar-refractivity contribution is 0.324. The molecular formula is C26H28O5. The molecule has 5 nitrogen and oxygen atoms in total. The smallest absolute Gasteiger partial charge is 0.203 e. The van der Waals surface area contributed by atoms with E-state index in [4.69, 9.17) is 18.9 Å². The van der Waals surface area contributed by atoms with Gasteiger partial charge in [0.2, 0.25) is 5.75 Å². The van der Waals surface area contributed by atoms with Gasteiger partial charge in [-0.15, -0.1) is 0 Å². The fourth-order valence-electron chi connectivity index (χ4n) is 3.75. The summed E-state index contributed by atoms with van der Waals surface area (Å²) < 4.78 is 21.9. The number of ether oxygens (including phenoxy) is 4. The summed E-state index contributed by atoms with van der Waals surface area (Å²) in [4.78, 5) is 0. The number of hydrogen-bond acceptors (Lipinski definition) is 5. The maximum Gasteiger partial charge on any atom is 0.203 e. The third-order valence-corrected chi connectivity index (χ3v) is 5.20. The third kappa shape index (κ3) is 4.45. The van der Waals surface area contributed by atoms with Crippen molar-refractivity contribution in [2.45, 2.75) is 13.3 Å². The second-order valence-corrected chi connectivity index (χ2v) is 6.87. The third-order valence-electron chi connectivity index (χ3n) is 5.20. The van der Waals surface area contributed by atoms with Gasteiger partial charge in [-0.25, -0.2) is 0 Å². The molecule has 0 aliphatic rings. The lowest BCUT2D eigenvalue weighted by Gasteiger charge is -2.19. The average Bonchev–Trinajstić information content (AvgIpc) is 2.81. The quantitative estimate of drug-likeness (QED) is 0.467. The van der Waals surface area contributed by atoms with Gasteiger partial charge < -0.3 is 24.1 Å². The standard InChI is InChI=1S/C26H28O5/c1-6-20(19-15-23(29-3)26(31-5)24(16-19)30-4)25(17-10-8-7-9-11-17)18-12-13-22(28-2)21(27)14-18/h7-16,27H,6H2,1-5H3/b25-20+. The highest BCUT2D eigenvalue weighted by Gasteiger charge is 2.19. The van der Waals surface area contributed by atoms with E-state index in [1.807, 2.05) is 36.4 Å². The van der Waals surface area contributed by atoms with Gasteiger partial charge in [-0.1, -0.05) is 43.3 Å². The highest BCUT2D eigenvalue weighted by Crippen LogP contribution is 2.43. The Hall–Kier alpha value is -3.60. The zero-order valence-electron chi connectivity index (χ0n) is 18.6. The molecule has 0 fully saturated rings. The van der Waals surface area contributed by atoms with Gasteiger partial charge in [0, 0.05) is 0 Å². The molecule has 3 aromatic carbocycles. The molecule has 0 spiro atoms. The van der Waals surface area contributed by atoms with E-state index in [9.17, 15) is 5.11 Å². The van der Waals surface area contributed by atoms with Crippen molar-refractivity contribution in [1.29, 1.82) is 0 Å². The van der Waals surface area contributed by atoms with Gasteiger partial charge in [-0.3, -0.25) is 0 Å². The molecule has 31 heavy (non-hydrogen) atoms. The van der Waals surface area contributed by atoms with Gasteiger partial charge in [0.05, 0.1) is 28.4 Å². The predicted molar refractivity (Wildman–Crippen MR) is 123 cm³/mol. The number of allylic oxidation sites excluding steroid dienone is 1. The Balaban J connectivity index is 2.34. The first-order valence-electron chi connectivity index (χ1n) is 10.0. The molecule has 0 aromatic heterocycles. The lowest BCUT2D eigenvalue weighted by Crippen LogP contribution is -1.99. The molecule has 0 amide bonds. The van der Waals surface area contributed by atoms with E-state index in [-0.39, 0.29) is 5.75 Å². The number of methoxy groups -OCH3 is 4. The fraction of sp³-hybridized carbons (Fsp3) is 0.231. The summed E-state index contributed by atoms with van der Waals surface area (Å²) in [5.41, 5.74) is 4.96. The van der Waals surface area contributed by atoms with Gasteiger partial charge in [0.15, 0.2) is 23.0 Å². The van der Waals surface area contributed by atoms with E-state index >= 15 is 0 Å². The molecule has 3 rings (SSSR count). The average molecular weight is 421 g/mol. The van der Waals surface area contributed by atoms with Crippen molar-refractivity contribution in [2.75, 3.05) is 28.4 Å². The van der Waals surface area contributed by atoms with Gasteiger partial charge in [0.25, 0.3) is 0 Å². The molecule has 0 unspecified atom stereocenters. The monoisotopic (exact) mass is 420 g/mol. The Kier molecular flexibility index (Phi) is 7.08. The van der Waals surface area contributed by atoms with Crippen molar-refractivity contribution in [1.82, 2.24) is 0 Å². The van der Waals surface area contributed by atoms with Crippen LogP contribution in [0.3, 0.4) is 0 Å². The van der Waals surface area contributed by atoms with Crippen molar-refractivity contribution in [3.05, 3.63) is 77.4 Å². The van der Waals surface area contributed by atoms with E-state index in [1.54, 1.807) is 33.5 Å². The number of rotatable bonds is 8. The first-order valence-corrected chi connectivity index (χ1v) is 10.0. The van der Waals surface area contributed by atoms with Crippen LogP contribution in [0.1, 0.15) is 30.0 Å². The van der Waals surface area contributed by atoms with E-state index in [2.05, 4.69) is 19.1 Å². The maximum absolute atomic E-state index is 10.4. The molecule has 1 N–H and O–H groups in total. The Morgan fingerprint density at radius 2 is 1.29 bits per heavy atom. The zero-order chi connectivity index (χ0) is 22.4. The number of phenolic OH excluding ortho intramolecular Hbond substituents is 1. The van der Waals surface area contributed by atoms with Crippen LogP contribution in [0.15, 0.2) is 60.7 Å². The second-order valence-electron chi connectivity index (χ2n) is 6.87. The van der Waals surface area contributed by atoms with Crippen LogP contribution in [-0.2, 0) is 0 Å². The number of hydrogen-bond donors (Lipinski definition) is 1. The molecular weight excluding hydrogens is 392 g/mol. The summed E-state index contributed by atoms with van der Waals surface area (Å²) in [6, 6.07) is 19.5. The normalized spacial score (nSPS) is 11.5. The predicted octanol–water partition coefficient (Wildman–Crippen LogP) is 5.80. The summed E-state index contributed by atoms with van der Waals surface area (Å²) in [6.07, 6.45) is 0.746. The van der Waals surface area contributed by atoms with Gasteiger partial charge in [-0.2, -0.15) is 0 Å². The van der Waals surface area contributed by atoms with Crippen molar-refractivity contribution in [3.63, 3.8) is 0 Å². The topological polar surface area (TPSA) is 57.2 Å². The fourth-order valence-corrected chi connectivity index (χ4v) is 3.75. The summed E-state index contributed by atoms with van der Waals surface area (Å²) in [5, 5.41) is 10.4. The molecule has 162 valence electrons. The van der Waals surface area contributed by atoms with E-state index in [0.717, 1.165) is 34.3 Å². The molecule has 0 bridgehead atoms. The summed E-state index contributed by atoms with van der Waals surface area (Å²) >= 11 is 0. The zero-order valence-corrected chi connectivity index (χ0v) is 18.6. The van der Waals surface area contributed by atoms with Crippen molar-refractivity contribution >= 4 is 11.1 Å². The number of benzene rings is 3. The highest BCUT2D eigenvalue weighted by molar-refractivity contribution is 5.99. The first-order chi connectivity index (χ1) is 15.1. The Labute approximate surface area is 183 Å². The summed E-state index contributed by atoms with van der Waals surface area (Å²) in [5.74, 6) is 2.25. The van der Waals surface area contributed by atoms with Crippen molar-refractivity contribution in [2.24, 2.45) is 0 Å². The molecule has 5 heteroatoms. The van der Waals surface area contributed by atoms with E-state index in [1.165, 1.54) is 7.11 Å². The van der Waals surface area contributed by atoms with E-state index < -0.39 is 0 Å². The van der Waals surface area contributed by atoms with Crippen molar-refractivity contribution < 1.29 is 24.1 Å².